The number of nitrogens with zero attached hydrogens (tertiary/aromatic N) is 4. The molecule has 0 saturated carbocycles. The molecular weight excluding hydrogens is 318 g/mol. The van der Waals surface area contributed by atoms with Gasteiger partial charge in [0, 0.05) is 50.9 Å². The maximum absolute atomic E-state index is 4.55. The first-order valence-electron chi connectivity index (χ1n) is 8.26. The Balaban J connectivity index is 1.54. The predicted octanol–water partition coefficient (Wildman–Crippen LogP) is 2.95. The van der Waals surface area contributed by atoms with E-state index in [1.165, 1.54) is 10.5 Å². The summed E-state index contributed by atoms with van der Waals surface area (Å²) in [5.41, 5.74) is 1.38. The van der Waals surface area contributed by atoms with Crippen molar-refractivity contribution in [2.75, 3.05) is 43.7 Å². The van der Waals surface area contributed by atoms with E-state index in [1.54, 1.807) is 11.8 Å². The van der Waals surface area contributed by atoms with Gasteiger partial charge >= 0.3 is 0 Å². The molecule has 0 spiro atoms. The van der Waals surface area contributed by atoms with Crippen LogP contribution in [0.1, 0.15) is 12.0 Å². The fourth-order valence-electron chi connectivity index (χ4n) is 2.94. The van der Waals surface area contributed by atoms with Crippen LogP contribution in [-0.4, -0.2) is 54.4 Å². The summed E-state index contributed by atoms with van der Waals surface area (Å²) in [5, 5.41) is 3.55. The summed E-state index contributed by atoms with van der Waals surface area (Å²) in [6.45, 7) is 3.18. The van der Waals surface area contributed by atoms with Crippen LogP contribution < -0.4 is 10.2 Å². The number of aromatic nitrogens is 2. The van der Waals surface area contributed by atoms with E-state index < -0.39 is 0 Å². The van der Waals surface area contributed by atoms with Gasteiger partial charge in [-0.15, -0.1) is 11.8 Å². The van der Waals surface area contributed by atoms with Crippen molar-refractivity contribution in [2.45, 2.75) is 23.9 Å². The molecule has 0 amide bonds. The van der Waals surface area contributed by atoms with Gasteiger partial charge in [0.2, 0.25) is 5.95 Å². The molecule has 0 radical (unpaired) electrons. The van der Waals surface area contributed by atoms with Crippen LogP contribution in [0.5, 0.6) is 0 Å². The second-order valence-corrected chi connectivity index (χ2v) is 7.23. The molecule has 1 atom stereocenters. The maximum Gasteiger partial charge on any atom is 0.226 e. The molecular formula is C18H25N5S. The van der Waals surface area contributed by atoms with Gasteiger partial charge in [0.15, 0.2) is 0 Å². The van der Waals surface area contributed by atoms with E-state index in [4.69, 9.17) is 0 Å². The van der Waals surface area contributed by atoms with Crippen LogP contribution in [0.25, 0.3) is 0 Å². The zero-order chi connectivity index (χ0) is 16.9. The molecule has 2 aromatic rings. The van der Waals surface area contributed by atoms with E-state index in [0.717, 1.165) is 37.8 Å². The van der Waals surface area contributed by atoms with E-state index in [1.807, 2.05) is 31.3 Å². The molecule has 1 unspecified atom stereocenters. The fraction of sp³-hybridized carbons (Fsp3) is 0.444. The predicted molar refractivity (Wildman–Crippen MR) is 102 cm³/mol. The molecule has 6 heteroatoms. The largest absolute Gasteiger partial charge is 0.366 e. The summed E-state index contributed by atoms with van der Waals surface area (Å²) in [4.78, 5) is 14.5. The first-order valence-corrected chi connectivity index (χ1v) is 9.48. The summed E-state index contributed by atoms with van der Waals surface area (Å²) in [5.74, 6) is 1.65. The molecule has 1 fully saturated rings. The van der Waals surface area contributed by atoms with Crippen LogP contribution in [0, 0.1) is 0 Å². The molecule has 128 valence electrons. The number of nitrogens with one attached hydrogen (secondary N) is 1. The van der Waals surface area contributed by atoms with Crippen molar-refractivity contribution in [3.63, 3.8) is 0 Å². The number of likely N-dealkylation sites (tertiary alicyclic amines) is 1. The van der Waals surface area contributed by atoms with Crippen LogP contribution in [-0.2, 0) is 6.54 Å². The lowest BCUT2D eigenvalue weighted by molar-refractivity contribution is 0.328. The zero-order valence-electron chi connectivity index (χ0n) is 14.6. The highest BCUT2D eigenvalue weighted by atomic mass is 32.2. The van der Waals surface area contributed by atoms with Crippen LogP contribution in [0.15, 0.2) is 41.4 Å². The molecule has 2 heterocycles. The summed E-state index contributed by atoms with van der Waals surface area (Å²) in [6, 6.07) is 11.3. The summed E-state index contributed by atoms with van der Waals surface area (Å²) >= 11 is 1.79. The Morgan fingerprint density at radius 3 is 2.75 bits per heavy atom. The minimum absolute atomic E-state index is 0.445. The van der Waals surface area contributed by atoms with Crippen molar-refractivity contribution in [1.29, 1.82) is 0 Å². The Hall–Kier alpha value is -1.79. The molecule has 1 aromatic carbocycles. The minimum Gasteiger partial charge on any atom is -0.366 e. The van der Waals surface area contributed by atoms with Gasteiger partial charge in [0.1, 0.15) is 5.82 Å². The van der Waals surface area contributed by atoms with Crippen LogP contribution in [0.3, 0.4) is 0 Å². The molecule has 0 aliphatic carbocycles. The molecule has 1 N–H and O–H groups in total. The number of hydrogen-bond acceptors (Lipinski definition) is 6. The van der Waals surface area contributed by atoms with Gasteiger partial charge in [-0.25, -0.2) is 4.98 Å². The van der Waals surface area contributed by atoms with Gasteiger partial charge in [0.05, 0.1) is 0 Å². The fourth-order valence-corrected chi connectivity index (χ4v) is 3.34. The normalized spacial score (nSPS) is 17.9. The lowest BCUT2D eigenvalue weighted by atomic mass is 10.2. The van der Waals surface area contributed by atoms with Gasteiger partial charge in [-0.05, 0) is 36.4 Å². The van der Waals surface area contributed by atoms with E-state index >= 15 is 0 Å². The molecule has 1 aliphatic rings. The second-order valence-electron chi connectivity index (χ2n) is 6.35. The Kier molecular flexibility index (Phi) is 5.58. The topological polar surface area (TPSA) is 44.3 Å². The van der Waals surface area contributed by atoms with Crippen LogP contribution in [0.4, 0.5) is 11.8 Å². The highest BCUT2D eigenvalue weighted by molar-refractivity contribution is 7.98. The van der Waals surface area contributed by atoms with Gasteiger partial charge in [0.25, 0.3) is 0 Å². The van der Waals surface area contributed by atoms with Gasteiger partial charge in [-0.1, -0.05) is 12.1 Å². The van der Waals surface area contributed by atoms with Crippen LogP contribution >= 0.6 is 11.8 Å². The maximum atomic E-state index is 4.55. The first kappa shape index (κ1) is 17.0. The smallest absolute Gasteiger partial charge is 0.226 e. The Morgan fingerprint density at radius 2 is 2.04 bits per heavy atom. The van der Waals surface area contributed by atoms with Gasteiger partial charge in [-0.3, -0.25) is 4.90 Å². The van der Waals surface area contributed by atoms with Gasteiger partial charge in [-0.2, -0.15) is 4.98 Å². The molecule has 0 bridgehead atoms. The Bertz CT molecular complexity index is 659. The summed E-state index contributed by atoms with van der Waals surface area (Å²) in [7, 11) is 3.91. The lowest BCUT2D eigenvalue weighted by Gasteiger charge is -2.18. The third-order valence-electron chi connectivity index (χ3n) is 4.23. The first-order chi connectivity index (χ1) is 11.6. The summed E-state index contributed by atoms with van der Waals surface area (Å²) in [6.07, 6.45) is 5.06. The highest BCUT2D eigenvalue weighted by Gasteiger charge is 2.22. The molecule has 3 rings (SSSR count). The van der Waals surface area contributed by atoms with E-state index in [-0.39, 0.29) is 0 Å². The monoisotopic (exact) mass is 343 g/mol. The van der Waals surface area contributed by atoms with Crippen molar-refractivity contribution in [3.05, 3.63) is 42.1 Å². The third kappa shape index (κ3) is 4.39. The van der Waals surface area contributed by atoms with Crippen LogP contribution in [0.2, 0.25) is 0 Å². The van der Waals surface area contributed by atoms with Crippen molar-refractivity contribution >= 4 is 23.5 Å². The second kappa shape index (κ2) is 7.85. The SMILES string of the molecule is CSc1ccc(CN2CCC(Nc3ccnc(N(C)C)n3)C2)cc1. The highest BCUT2D eigenvalue weighted by Crippen LogP contribution is 2.20. The molecule has 1 aliphatic heterocycles. The number of hydrogen-bond donors (Lipinski definition) is 1. The van der Waals surface area contributed by atoms with E-state index in [0.29, 0.717) is 6.04 Å². The lowest BCUT2D eigenvalue weighted by Crippen LogP contribution is -2.26. The zero-order valence-corrected chi connectivity index (χ0v) is 15.4. The molecule has 5 nitrogen and oxygen atoms in total. The van der Waals surface area contributed by atoms with Crippen molar-refractivity contribution in [2.24, 2.45) is 0 Å². The Morgan fingerprint density at radius 1 is 1.25 bits per heavy atom. The minimum atomic E-state index is 0.445. The number of thioether (sulfide) groups is 1. The average molecular weight is 344 g/mol. The number of anilines is 2. The molecule has 1 aromatic heterocycles. The van der Waals surface area contributed by atoms with E-state index in [2.05, 4.69) is 50.7 Å². The van der Waals surface area contributed by atoms with Crippen molar-refractivity contribution in [1.82, 2.24) is 14.9 Å². The molecule has 24 heavy (non-hydrogen) atoms. The summed E-state index contributed by atoms with van der Waals surface area (Å²) < 4.78 is 0. The Labute approximate surface area is 148 Å². The number of benzene rings is 1. The van der Waals surface area contributed by atoms with E-state index in [9.17, 15) is 0 Å². The van der Waals surface area contributed by atoms with Crippen molar-refractivity contribution < 1.29 is 0 Å². The standard InChI is InChI=1S/C18H25N5S/c1-22(2)18-19-10-8-17(21-18)20-15-9-11-23(13-15)12-14-4-6-16(24-3)7-5-14/h4-8,10,15H,9,11-13H2,1-3H3,(H,19,20,21). The average Bonchev–Trinajstić information content (AvgIpc) is 3.02. The third-order valence-corrected chi connectivity index (χ3v) is 4.98. The van der Waals surface area contributed by atoms with Gasteiger partial charge < -0.3 is 10.2 Å². The quantitative estimate of drug-likeness (QED) is 0.814. The number of rotatable bonds is 6. The van der Waals surface area contributed by atoms with Crippen molar-refractivity contribution in [3.8, 4) is 0 Å². The molecule has 1 saturated heterocycles.